The average molecular weight is 439 g/mol. The van der Waals surface area contributed by atoms with Gasteiger partial charge in [-0.3, -0.25) is 9.69 Å². The second kappa shape index (κ2) is 7.91. The number of aryl methyl sites for hydroxylation is 1. The molecule has 1 amide bonds. The van der Waals surface area contributed by atoms with Gasteiger partial charge in [-0.2, -0.15) is 23.3 Å². The molecular weight excluding hydrogens is 419 g/mol. The van der Waals surface area contributed by atoms with Gasteiger partial charge in [0, 0.05) is 49.2 Å². The number of nitrogens with zero attached hydrogens (tertiary/aromatic N) is 6. The number of amides is 1. The van der Waals surface area contributed by atoms with Gasteiger partial charge in [0.25, 0.3) is 5.78 Å². The molecule has 2 atom stereocenters. The van der Waals surface area contributed by atoms with Crippen molar-refractivity contribution in [3.8, 4) is 0 Å². The van der Waals surface area contributed by atoms with E-state index in [1.54, 1.807) is 24.1 Å². The number of fused-ring (bicyclic) bond motifs is 1. The number of hydrogen-bond donors (Lipinski definition) is 1. The Morgan fingerprint density at radius 3 is 2.87 bits per heavy atom. The zero-order valence-corrected chi connectivity index (χ0v) is 17.2. The predicted molar refractivity (Wildman–Crippen MR) is 104 cm³/mol. The van der Waals surface area contributed by atoms with E-state index in [4.69, 9.17) is 0 Å². The highest BCUT2D eigenvalue weighted by Crippen LogP contribution is 2.39. The van der Waals surface area contributed by atoms with E-state index in [-0.39, 0.29) is 24.8 Å². The van der Waals surface area contributed by atoms with Crippen LogP contribution in [0.5, 0.6) is 0 Å². The third-order valence-corrected chi connectivity index (χ3v) is 5.93. The molecular formula is C18H20F3N7OS. The van der Waals surface area contributed by atoms with Crippen LogP contribution in [0.2, 0.25) is 0 Å². The number of carbonyl (C=O) groups excluding carboxylic acids is 1. The van der Waals surface area contributed by atoms with Crippen LogP contribution in [0.3, 0.4) is 0 Å². The zero-order valence-electron chi connectivity index (χ0n) is 16.3. The maximum absolute atomic E-state index is 13.7. The summed E-state index contributed by atoms with van der Waals surface area (Å²) in [5.41, 5.74) is 1.37. The molecule has 12 heteroatoms. The Kier molecular flexibility index (Phi) is 5.45. The molecule has 0 aliphatic carbocycles. The minimum absolute atomic E-state index is 0.0156. The maximum Gasteiger partial charge on any atom is 0.393 e. The van der Waals surface area contributed by atoms with E-state index in [1.165, 1.54) is 29.1 Å². The van der Waals surface area contributed by atoms with Gasteiger partial charge in [-0.25, -0.2) is 14.5 Å². The summed E-state index contributed by atoms with van der Waals surface area (Å²) < 4.78 is 42.6. The van der Waals surface area contributed by atoms with Crippen molar-refractivity contribution in [1.29, 1.82) is 0 Å². The summed E-state index contributed by atoms with van der Waals surface area (Å²) in [5, 5.41) is 7.19. The molecule has 0 bridgehead atoms. The van der Waals surface area contributed by atoms with Crippen molar-refractivity contribution in [2.24, 2.45) is 5.92 Å². The summed E-state index contributed by atoms with van der Waals surface area (Å²) in [6.07, 6.45) is -1.36. The standard InChI is InChI=1S/C18H20F3N7OS/c1-10-3-15(28-16(25-10)23-9-24-28)12-4-13(18(19,20)21)7-27(6-12)8-14-5-22-17(30-14)26-11(2)29/h3,5,9,12-13H,4,6-8H2,1-2H3,(H,22,26,29)/t12-,13+/m0/s1. The Hall–Kier alpha value is -2.60. The first kappa shape index (κ1) is 20.7. The molecule has 3 aromatic heterocycles. The predicted octanol–water partition coefficient (Wildman–Crippen LogP) is 3.02. The Labute approximate surface area is 174 Å². The van der Waals surface area contributed by atoms with Crippen LogP contribution in [0.1, 0.15) is 35.5 Å². The van der Waals surface area contributed by atoms with Crippen molar-refractivity contribution in [2.75, 3.05) is 18.4 Å². The number of aromatic nitrogens is 5. The topological polar surface area (TPSA) is 88.3 Å². The molecule has 1 saturated heterocycles. The molecule has 0 spiro atoms. The zero-order chi connectivity index (χ0) is 21.5. The summed E-state index contributed by atoms with van der Waals surface area (Å²) in [5.74, 6) is -1.69. The molecule has 1 aliphatic heterocycles. The molecule has 4 heterocycles. The van der Waals surface area contributed by atoms with Gasteiger partial charge in [0.2, 0.25) is 5.91 Å². The lowest BCUT2D eigenvalue weighted by atomic mass is 9.86. The second-order valence-corrected chi connectivity index (χ2v) is 8.59. The van der Waals surface area contributed by atoms with E-state index >= 15 is 0 Å². The van der Waals surface area contributed by atoms with Crippen molar-refractivity contribution < 1.29 is 18.0 Å². The lowest BCUT2D eigenvalue weighted by Gasteiger charge is -2.38. The van der Waals surface area contributed by atoms with Gasteiger partial charge < -0.3 is 5.32 Å². The Morgan fingerprint density at radius 1 is 1.33 bits per heavy atom. The molecule has 4 rings (SSSR count). The number of nitrogens with one attached hydrogen (secondary N) is 1. The molecule has 3 aromatic rings. The van der Waals surface area contributed by atoms with E-state index in [2.05, 4.69) is 25.4 Å². The minimum atomic E-state index is -4.30. The van der Waals surface area contributed by atoms with Gasteiger partial charge in [0.1, 0.15) is 6.33 Å². The van der Waals surface area contributed by atoms with Crippen LogP contribution < -0.4 is 5.32 Å². The second-order valence-electron chi connectivity index (χ2n) is 7.47. The molecule has 8 nitrogen and oxygen atoms in total. The van der Waals surface area contributed by atoms with Crippen molar-refractivity contribution in [1.82, 2.24) is 29.5 Å². The number of anilines is 1. The molecule has 1 N–H and O–H groups in total. The first-order valence-corrected chi connectivity index (χ1v) is 10.2. The van der Waals surface area contributed by atoms with Crippen LogP contribution >= 0.6 is 11.3 Å². The summed E-state index contributed by atoms with van der Waals surface area (Å²) in [6.45, 7) is 3.86. The highest BCUT2D eigenvalue weighted by molar-refractivity contribution is 7.15. The highest BCUT2D eigenvalue weighted by atomic mass is 32.1. The highest BCUT2D eigenvalue weighted by Gasteiger charge is 2.45. The van der Waals surface area contributed by atoms with E-state index < -0.39 is 12.1 Å². The monoisotopic (exact) mass is 439 g/mol. The third kappa shape index (κ3) is 4.43. The fourth-order valence-electron chi connectivity index (χ4n) is 3.83. The quantitative estimate of drug-likeness (QED) is 0.672. The van der Waals surface area contributed by atoms with Crippen molar-refractivity contribution in [3.63, 3.8) is 0 Å². The number of piperidine rings is 1. The number of alkyl halides is 3. The molecule has 0 saturated carbocycles. The van der Waals surface area contributed by atoms with Crippen LogP contribution in [0, 0.1) is 12.8 Å². The normalized spacial score (nSPS) is 20.6. The maximum atomic E-state index is 13.7. The lowest BCUT2D eigenvalue weighted by Crippen LogP contribution is -2.44. The van der Waals surface area contributed by atoms with Crippen LogP contribution in [0.4, 0.5) is 18.3 Å². The largest absolute Gasteiger partial charge is 0.393 e. The van der Waals surface area contributed by atoms with Crippen molar-refractivity contribution in [2.45, 2.75) is 38.9 Å². The first-order chi connectivity index (χ1) is 14.2. The van der Waals surface area contributed by atoms with Gasteiger partial charge >= 0.3 is 6.18 Å². The van der Waals surface area contributed by atoms with Crippen LogP contribution in [-0.4, -0.2) is 54.6 Å². The smallest absolute Gasteiger partial charge is 0.302 e. The van der Waals surface area contributed by atoms with E-state index in [9.17, 15) is 18.0 Å². The van der Waals surface area contributed by atoms with Gasteiger partial charge in [-0.1, -0.05) is 0 Å². The molecule has 0 radical (unpaired) electrons. The number of halogens is 3. The number of rotatable bonds is 4. The molecule has 1 aliphatic rings. The van der Waals surface area contributed by atoms with Crippen LogP contribution in [-0.2, 0) is 11.3 Å². The summed E-state index contributed by atoms with van der Waals surface area (Å²) in [7, 11) is 0. The number of hydrogen-bond acceptors (Lipinski definition) is 7. The van der Waals surface area contributed by atoms with E-state index in [0.717, 1.165) is 4.88 Å². The fourth-order valence-corrected chi connectivity index (χ4v) is 4.73. The molecule has 0 unspecified atom stereocenters. The van der Waals surface area contributed by atoms with Crippen molar-refractivity contribution >= 4 is 28.2 Å². The van der Waals surface area contributed by atoms with E-state index in [0.29, 0.717) is 35.4 Å². The van der Waals surface area contributed by atoms with Crippen LogP contribution in [0.15, 0.2) is 18.6 Å². The molecule has 1 fully saturated rings. The minimum Gasteiger partial charge on any atom is -0.302 e. The van der Waals surface area contributed by atoms with Gasteiger partial charge in [-0.05, 0) is 19.4 Å². The Bertz CT molecular complexity index is 1060. The lowest BCUT2D eigenvalue weighted by molar-refractivity contribution is -0.189. The molecule has 160 valence electrons. The van der Waals surface area contributed by atoms with Crippen molar-refractivity contribution in [3.05, 3.63) is 34.9 Å². The summed E-state index contributed by atoms with van der Waals surface area (Å²) in [4.78, 5) is 26.2. The Morgan fingerprint density at radius 2 is 2.13 bits per heavy atom. The number of carbonyl (C=O) groups is 1. The number of likely N-dealkylation sites (tertiary alicyclic amines) is 1. The van der Waals surface area contributed by atoms with Gasteiger partial charge in [0.15, 0.2) is 5.13 Å². The summed E-state index contributed by atoms with van der Waals surface area (Å²) in [6, 6.07) is 1.78. The van der Waals surface area contributed by atoms with Gasteiger partial charge in [0.05, 0.1) is 11.6 Å². The summed E-state index contributed by atoms with van der Waals surface area (Å²) >= 11 is 1.26. The third-order valence-electron chi connectivity index (χ3n) is 5.03. The SMILES string of the molecule is CC(=O)Nc1ncc(CN2C[C@@H](c3cc(C)nc4ncnn34)C[C@@H](C(F)(F)F)C2)s1. The fraction of sp³-hybridized carbons (Fsp3) is 0.500. The number of thiazole rings is 1. The van der Waals surface area contributed by atoms with E-state index in [1.807, 2.05) is 0 Å². The first-order valence-electron chi connectivity index (χ1n) is 9.37. The van der Waals surface area contributed by atoms with Crippen LogP contribution in [0.25, 0.3) is 5.78 Å². The average Bonchev–Trinajstić information content (AvgIpc) is 3.28. The Balaban J connectivity index is 1.61. The molecule has 0 aromatic carbocycles. The molecule has 30 heavy (non-hydrogen) atoms. The van der Waals surface area contributed by atoms with Gasteiger partial charge in [-0.15, -0.1) is 11.3 Å².